The third-order valence-electron chi connectivity index (χ3n) is 3.73. The van der Waals surface area contributed by atoms with Gasteiger partial charge in [0.1, 0.15) is 12.3 Å². The number of nitrogens with zero attached hydrogens (tertiary/aromatic N) is 2. The highest BCUT2D eigenvalue weighted by Gasteiger charge is 2.35. The average Bonchev–Trinajstić information content (AvgIpc) is 2.90. The highest BCUT2D eigenvalue weighted by Crippen LogP contribution is 2.27. The molecule has 1 unspecified atom stereocenters. The molecular weight excluding hydrogens is 308 g/mol. The van der Waals surface area contributed by atoms with E-state index in [0.717, 1.165) is 4.57 Å². The van der Waals surface area contributed by atoms with Crippen LogP contribution >= 0.6 is 0 Å². The Morgan fingerprint density at radius 3 is 2.70 bits per heavy atom. The van der Waals surface area contributed by atoms with Crippen molar-refractivity contribution in [2.75, 3.05) is 20.3 Å². The van der Waals surface area contributed by atoms with Gasteiger partial charge in [0.2, 0.25) is 0 Å². The first kappa shape index (κ1) is 17.8. The Balaban J connectivity index is 2.49. The summed E-state index contributed by atoms with van der Waals surface area (Å²) < 4.78 is 17.9. The fourth-order valence-electron chi connectivity index (χ4n) is 2.55. The Morgan fingerprint density at radius 1 is 1.48 bits per heavy atom. The average molecular weight is 330 g/mol. The number of methoxy groups -OCH3 is 1. The summed E-state index contributed by atoms with van der Waals surface area (Å²) in [7, 11) is 1.33. The maximum absolute atomic E-state index is 12.6. The van der Waals surface area contributed by atoms with Crippen LogP contribution in [0.15, 0.2) is 15.8 Å². The quantitative estimate of drug-likeness (QED) is 0.650. The van der Waals surface area contributed by atoms with E-state index in [1.165, 1.54) is 17.9 Å². The highest BCUT2D eigenvalue weighted by molar-refractivity contribution is 5.04. The Morgan fingerprint density at radius 2 is 2.17 bits per heavy atom. The lowest BCUT2D eigenvalue weighted by Gasteiger charge is -2.21. The van der Waals surface area contributed by atoms with Gasteiger partial charge in [0.05, 0.1) is 12.7 Å². The van der Waals surface area contributed by atoms with Gasteiger partial charge in [0.15, 0.2) is 0 Å². The number of hydrogen-bond acceptors (Lipinski definition) is 7. The van der Waals surface area contributed by atoms with Crippen LogP contribution in [0.3, 0.4) is 0 Å². The van der Waals surface area contributed by atoms with Crippen molar-refractivity contribution in [2.24, 2.45) is 0 Å². The zero-order valence-electron chi connectivity index (χ0n) is 13.3. The van der Waals surface area contributed by atoms with E-state index >= 15 is 0 Å². The van der Waals surface area contributed by atoms with Gasteiger partial charge in [-0.2, -0.15) is 0 Å². The molecule has 23 heavy (non-hydrogen) atoms. The number of aliphatic hydroxyl groups excluding tert-OH is 2. The number of aryl methyl sites for hydroxylation is 1. The van der Waals surface area contributed by atoms with Crippen molar-refractivity contribution in [3.63, 3.8) is 0 Å². The van der Waals surface area contributed by atoms with E-state index in [0.29, 0.717) is 5.56 Å². The first-order valence-corrected chi connectivity index (χ1v) is 7.37. The first-order chi connectivity index (χ1) is 10.9. The largest absolute Gasteiger partial charge is 0.394 e. The third kappa shape index (κ3) is 3.38. The molecule has 0 aliphatic carbocycles. The molecule has 1 fully saturated rings. The van der Waals surface area contributed by atoms with Gasteiger partial charge >= 0.3 is 5.69 Å². The van der Waals surface area contributed by atoms with Crippen molar-refractivity contribution >= 4 is 0 Å². The Hall–Kier alpha value is -1.52. The minimum Gasteiger partial charge on any atom is -0.394 e. The normalized spacial score (nSPS) is 25.7. The molecule has 130 valence electrons. The van der Waals surface area contributed by atoms with E-state index in [-0.39, 0.29) is 19.6 Å². The molecule has 2 N–H and O–H groups in total. The van der Waals surface area contributed by atoms with E-state index in [2.05, 4.69) is 0 Å². The molecule has 1 aliphatic heterocycles. The van der Waals surface area contributed by atoms with Crippen LogP contribution in [0.1, 0.15) is 31.5 Å². The molecule has 1 aromatic rings. The van der Waals surface area contributed by atoms with Crippen LogP contribution in [0, 0.1) is 6.92 Å². The molecule has 0 amide bonds. The molecule has 9 heteroatoms. The molecule has 0 spiro atoms. The van der Waals surface area contributed by atoms with Gasteiger partial charge in [-0.25, -0.2) is 9.36 Å². The molecule has 2 rings (SSSR count). The SMILES string of the molecule is CCOC(OC)n1c(=O)c(C)cn([C@H]2C[C@H](O)[C@@H](CO)O2)c1=O. The summed E-state index contributed by atoms with van der Waals surface area (Å²) in [6, 6.07) is 0. The van der Waals surface area contributed by atoms with Crippen LogP contribution in [0.4, 0.5) is 0 Å². The minimum atomic E-state index is -1.15. The van der Waals surface area contributed by atoms with Crippen LogP contribution in [-0.4, -0.2) is 51.9 Å². The van der Waals surface area contributed by atoms with Crippen molar-refractivity contribution in [2.45, 2.75) is 45.1 Å². The molecule has 9 nitrogen and oxygen atoms in total. The second-order valence-electron chi connectivity index (χ2n) is 5.29. The van der Waals surface area contributed by atoms with E-state index in [1.54, 1.807) is 13.8 Å². The lowest BCUT2D eigenvalue weighted by Crippen LogP contribution is -2.45. The Bertz CT molecular complexity index is 654. The molecule has 0 bridgehead atoms. The number of aromatic nitrogens is 2. The topological polar surface area (TPSA) is 112 Å². The molecule has 1 aromatic heterocycles. The first-order valence-electron chi connectivity index (χ1n) is 7.37. The zero-order valence-corrected chi connectivity index (χ0v) is 13.3. The van der Waals surface area contributed by atoms with Gasteiger partial charge in [0, 0.05) is 31.9 Å². The van der Waals surface area contributed by atoms with Gasteiger partial charge in [-0.3, -0.25) is 9.36 Å². The summed E-state index contributed by atoms with van der Waals surface area (Å²) in [4.78, 5) is 24.9. The van der Waals surface area contributed by atoms with Crippen molar-refractivity contribution in [1.29, 1.82) is 0 Å². The Labute approximate surface area is 132 Å². The molecule has 1 saturated heterocycles. The lowest BCUT2D eigenvalue weighted by atomic mass is 10.2. The summed E-state index contributed by atoms with van der Waals surface area (Å²) in [5.41, 5.74) is -0.891. The van der Waals surface area contributed by atoms with E-state index in [9.17, 15) is 14.7 Å². The summed E-state index contributed by atoms with van der Waals surface area (Å²) in [5, 5.41) is 19.0. The summed E-state index contributed by atoms with van der Waals surface area (Å²) in [6.07, 6.45) is -2.07. The number of rotatable bonds is 6. The Kier molecular flexibility index (Phi) is 5.71. The molecule has 1 aliphatic rings. The zero-order chi connectivity index (χ0) is 17.1. The summed E-state index contributed by atoms with van der Waals surface area (Å²) in [5.74, 6) is 0. The van der Waals surface area contributed by atoms with Crippen LogP contribution in [0.2, 0.25) is 0 Å². The second-order valence-corrected chi connectivity index (χ2v) is 5.29. The minimum absolute atomic E-state index is 0.134. The van der Waals surface area contributed by atoms with Crippen LogP contribution < -0.4 is 11.2 Å². The van der Waals surface area contributed by atoms with E-state index in [1.807, 2.05) is 0 Å². The van der Waals surface area contributed by atoms with Gasteiger partial charge in [-0.1, -0.05) is 0 Å². The molecule has 4 atom stereocenters. The predicted octanol–water partition coefficient (Wildman–Crippen LogP) is -0.902. The fourth-order valence-corrected chi connectivity index (χ4v) is 2.55. The maximum Gasteiger partial charge on any atom is 0.337 e. The van der Waals surface area contributed by atoms with Crippen LogP contribution in [-0.2, 0) is 14.2 Å². The number of aliphatic hydroxyl groups is 2. The molecule has 2 heterocycles. The second kappa shape index (κ2) is 7.37. The van der Waals surface area contributed by atoms with Crippen LogP contribution in [0.5, 0.6) is 0 Å². The van der Waals surface area contributed by atoms with Crippen molar-refractivity contribution in [3.8, 4) is 0 Å². The monoisotopic (exact) mass is 330 g/mol. The predicted molar refractivity (Wildman–Crippen MR) is 79.0 cm³/mol. The fraction of sp³-hybridized carbons (Fsp3) is 0.714. The van der Waals surface area contributed by atoms with Crippen molar-refractivity contribution in [1.82, 2.24) is 9.13 Å². The van der Waals surface area contributed by atoms with E-state index < -0.39 is 36.1 Å². The molecular formula is C14H22N2O7. The summed E-state index contributed by atoms with van der Waals surface area (Å²) in [6.45, 7) is 3.17. The van der Waals surface area contributed by atoms with Gasteiger partial charge in [-0.15, -0.1) is 0 Å². The third-order valence-corrected chi connectivity index (χ3v) is 3.73. The van der Waals surface area contributed by atoms with Crippen molar-refractivity contribution < 1.29 is 24.4 Å². The molecule has 0 radical (unpaired) electrons. The smallest absolute Gasteiger partial charge is 0.337 e. The maximum atomic E-state index is 12.6. The number of ether oxygens (including phenoxy) is 3. The van der Waals surface area contributed by atoms with Crippen LogP contribution in [0.25, 0.3) is 0 Å². The van der Waals surface area contributed by atoms with E-state index in [4.69, 9.17) is 19.3 Å². The van der Waals surface area contributed by atoms with Crippen molar-refractivity contribution in [3.05, 3.63) is 32.6 Å². The van der Waals surface area contributed by atoms with Gasteiger partial charge in [0.25, 0.3) is 12.0 Å². The van der Waals surface area contributed by atoms with Gasteiger partial charge < -0.3 is 24.4 Å². The van der Waals surface area contributed by atoms with Gasteiger partial charge in [-0.05, 0) is 13.8 Å². The highest BCUT2D eigenvalue weighted by atomic mass is 16.7. The lowest BCUT2D eigenvalue weighted by molar-refractivity contribution is -0.176. The summed E-state index contributed by atoms with van der Waals surface area (Å²) >= 11 is 0. The standard InChI is InChI=1S/C14H22N2O7/c1-4-22-14(21-3)16-12(19)8(2)6-15(13(16)20)11-5-9(18)10(7-17)23-11/h6,9-11,14,17-18H,4-5,7H2,1-3H3/t9-,10+,11+,14?/m0/s1. The molecule has 0 aromatic carbocycles. The molecule has 0 saturated carbocycles. The number of hydrogen-bond donors (Lipinski definition) is 2.